The van der Waals surface area contributed by atoms with Crippen LogP contribution in [0.1, 0.15) is 56.1 Å². The number of aliphatic hydroxyl groups is 1. The molecule has 0 bridgehead atoms. The van der Waals surface area contributed by atoms with Gasteiger partial charge in [-0.1, -0.05) is 19.9 Å². The molecule has 2 fully saturated rings. The molecule has 0 aliphatic carbocycles. The van der Waals surface area contributed by atoms with Crippen LogP contribution in [0.2, 0.25) is 0 Å². The lowest BCUT2D eigenvalue weighted by molar-refractivity contribution is -0.132. The van der Waals surface area contributed by atoms with E-state index in [0.29, 0.717) is 49.3 Å². The summed E-state index contributed by atoms with van der Waals surface area (Å²) in [4.78, 5) is 24.7. The number of rotatable bonds is 6. The van der Waals surface area contributed by atoms with Crippen molar-refractivity contribution < 1.29 is 14.6 Å². The minimum absolute atomic E-state index is 0.142. The fourth-order valence-electron chi connectivity index (χ4n) is 6.18. The van der Waals surface area contributed by atoms with E-state index in [4.69, 9.17) is 4.74 Å². The zero-order chi connectivity index (χ0) is 26.4. The van der Waals surface area contributed by atoms with Gasteiger partial charge in [-0.2, -0.15) is 5.10 Å². The van der Waals surface area contributed by atoms with Crippen molar-refractivity contribution in [2.45, 2.75) is 51.0 Å². The summed E-state index contributed by atoms with van der Waals surface area (Å²) in [5.41, 5.74) is 6.59. The van der Waals surface area contributed by atoms with Crippen LogP contribution in [0.4, 0.5) is 0 Å². The number of aromatic nitrogens is 4. The van der Waals surface area contributed by atoms with E-state index in [1.165, 1.54) is 16.5 Å². The number of H-pyrrole nitrogens is 1. The predicted molar refractivity (Wildman–Crippen MR) is 147 cm³/mol. The first-order valence-electron chi connectivity index (χ1n) is 13.6. The summed E-state index contributed by atoms with van der Waals surface area (Å²) in [6, 6.07) is 8.86. The second-order valence-electron chi connectivity index (χ2n) is 11.0. The molecule has 2 saturated heterocycles. The number of ether oxygens (including phenoxy) is 1. The van der Waals surface area contributed by atoms with Gasteiger partial charge in [0.1, 0.15) is 6.33 Å². The highest BCUT2D eigenvalue weighted by Gasteiger charge is 2.28. The van der Waals surface area contributed by atoms with Crippen LogP contribution in [0, 0.1) is 0 Å². The Bertz CT molecular complexity index is 1470. The molecule has 38 heavy (non-hydrogen) atoms. The van der Waals surface area contributed by atoms with Gasteiger partial charge in [-0.3, -0.25) is 9.69 Å². The molecule has 0 radical (unpaired) electrons. The van der Waals surface area contributed by atoms with Crippen molar-refractivity contribution >= 4 is 22.5 Å². The van der Waals surface area contributed by atoms with E-state index >= 15 is 0 Å². The molecule has 0 spiro atoms. The van der Waals surface area contributed by atoms with Gasteiger partial charge in [0.15, 0.2) is 11.4 Å². The molecule has 3 aromatic heterocycles. The molecule has 4 aromatic rings. The fourth-order valence-corrected chi connectivity index (χ4v) is 6.18. The van der Waals surface area contributed by atoms with Crippen LogP contribution in [0.25, 0.3) is 27.8 Å². The summed E-state index contributed by atoms with van der Waals surface area (Å²) in [6.07, 6.45) is 5.95. The smallest absolute Gasteiger partial charge is 0.236 e. The van der Waals surface area contributed by atoms with Crippen LogP contribution in [0.3, 0.4) is 0 Å². The number of methoxy groups -OCH3 is 1. The van der Waals surface area contributed by atoms with E-state index in [1.54, 1.807) is 22.9 Å². The van der Waals surface area contributed by atoms with Crippen LogP contribution in [-0.4, -0.2) is 86.3 Å². The largest absolute Gasteiger partial charge is 0.493 e. The number of hydrogen-bond acceptors (Lipinski definition) is 6. The molecule has 2 aliphatic heterocycles. The van der Waals surface area contributed by atoms with Crippen molar-refractivity contribution in [2.75, 3.05) is 39.8 Å². The quantitative estimate of drug-likeness (QED) is 0.405. The third-order valence-corrected chi connectivity index (χ3v) is 8.22. The van der Waals surface area contributed by atoms with E-state index in [0.717, 1.165) is 42.7 Å². The van der Waals surface area contributed by atoms with Crippen molar-refractivity contribution in [2.24, 2.45) is 0 Å². The molecule has 6 rings (SSSR count). The Morgan fingerprint density at radius 1 is 1.18 bits per heavy atom. The number of carbonyl (C=O) groups is 1. The summed E-state index contributed by atoms with van der Waals surface area (Å²) in [7, 11) is 1.66. The van der Waals surface area contributed by atoms with E-state index in [1.807, 2.05) is 12.3 Å². The summed E-state index contributed by atoms with van der Waals surface area (Å²) in [5.74, 6) is 1.64. The molecule has 200 valence electrons. The van der Waals surface area contributed by atoms with Crippen LogP contribution in [-0.2, 0) is 4.79 Å². The van der Waals surface area contributed by atoms with Gasteiger partial charge in [0.05, 0.1) is 25.5 Å². The molecular formula is C29H36N6O3. The number of fused-ring (bicyclic) bond motifs is 2. The average Bonchev–Trinajstić information content (AvgIpc) is 3.66. The number of likely N-dealkylation sites (tertiary alicyclic amines) is 2. The molecule has 1 aromatic carbocycles. The van der Waals surface area contributed by atoms with Crippen molar-refractivity contribution in [1.29, 1.82) is 0 Å². The number of pyridine rings is 1. The molecule has 1 atom stereocenters. The minimum atomic E-state index is -0.364. The first kappa shape index (κ1) is 24.9. The molecular weight excluding hydrogens is 480 g/mol. The SMILES string of the molecule is COc1cc(-c2[nH]c3ccc(C4CCN(CC(=O)N5CC[C@H](O)C5)CC4)cc3c2C(C)C)cn2ncnc12. The van der Waals surface area contributed by atoms with Gasteiger partial charge >= 0.3 is 0 Å². The van der Waals surface area contributed by atoms with E-state index in [9.17, 15) is 9.90 Å². The van der Waals surface area contributed by atoms with Gasteiger partial charge < -0.3 is 19.7 Å². The summed E-state index contributed by atoms with van der Waals surface area (Å²) in [6.45, 7) is 7.91. The number of nitrogens with one attached hydrogen (secondary N) is 1. The molecule has 1 amide bonds. The number of hydrogen-bond donors (Lipinski definition) is 2. The Hall–Kier alpha value is -3.43. The lowest BCUT2D eigenvalue weighted by Crippen LogP contribution is -2.42. The second-order valence-corrected chi connectivity index (χ2v) is 11.0. The zero-order valence-electron chi connectivity index (χ0n) is 22.4. The Morgan fingerprint density at radius 2 is 2.00 bits per heavy atom. The Balaban J connectivity index is 1.23. The minimum Gasteiger partial charge on any atom is -0.493 e. The average molecular weight is 517 g/mol. The van der Waals surface area contributed by atoms with Crippen LogP contribution in [0.5, 0.6) is 5.75 Å². The Kier molecular flexibility index (Phi) is 6.57. The molecule has 2 N–H and O–H groups in total. The lowest BCUT2D eigenvalue weighted by Gasteiger charge is -2.32. The maximum absolute atomic E-state index is 12.6. The number of benzene rings is 1. The topological polar surface area (TPSA) is 99.0 Å². The van der Waals surface area contributed by atoms with Gasteiger partial charge in [0.2, 0.25) is 5.91 Å². The van der Waals surface area contributed by atoms with Gasteiger partial charge in [-0.25, -0.2) is 9.50 Å². The molecule has 0 saturated carbocycles. The Morgan fingerprint density at radius 3 is 2.71 bits per heavy atom. The first-order chi connectivity index (χ1) is 18.4. The maximum Gasteiger partial charge on any atom is 0.236 e. The van der Waals surface area contributed by atoms with Gasteiger partial charge in [0, 0.05) is 35.8 Å². The number of aliphatic hydroxyl groups excluding tert-OH is 1. The normalized spacial score (nSPS) is 19.3. The summed E-state index contributed by atoms with van der Waals surface area (Å²) in [5, 5.41) is 15.3. The van der Waals surface area contributed by atoms with E-state index < -0.39 is 0 Å². The highest BCUT2D eigenvalue weighted by atomic mass is 16.5. The van der Waals surface area contributed by atoms with Crippen LogP contribution in [0.15, 0.2) is 36.8 Å². The number of aromatic amines is 1. The predicted octanol–water partition coefficient (Wildman–Crippen LogP) is 3.78. The van der Waals surface area contributed by atoms with Crippen LogP contribution >= 0.6 is 0 Å². The monoisotopic (exact) mass is 516 g/mol. The number of carbonyl (C=O) groups excluding carboxylic acids is 1. The number of nitrogens with zero attached hydrogens (tertiary/aromatic N) is 5. The fraction of sp³-hybridized carbons (Fsp3) is 0.483. The number of piperidine rings is 1. The van der Waals surface area contributed by atoms with Crippen molar-refractivity contribution in [3.8, 4) is 17.0 Å². The molecule has 2 aliphatic rings. The highest BCUT2D eigenvalue weighted by molar-refractivity contribution is 5.92. The Labute approximate surface area is 222 Å². The summed E-state index contributed by atoms with van der Waals surface area (Å²) >= 11 is 0. The highest BCUT2D eigenvalue weighted by Crippen LogP contribution is 2.39. The van der Waals surface area contributed by atoms with Crippen molar-refractivity contribution in [3.05, 3.63) is 47.9 Å². The van der Waals surface area contributed by atoms with E-state index in [-0.39, 0.29) is 12.0 Å². The lowest BCUT2D eigenvalue weighted by atomic mass is 9.87. The molecule has 9 heteroatoms. The summed E-state index contributed by atoms with van der Waals surface area (Å²) < 4.78 is 7.37. The molecule has 5 heterocycles. The van der Waals surface area contributed by atoms with Gasteiger partial charge in [0.25, 0.3) is 0 Å². The number of β-amino-alcohol motifs (C(OH)–C–C–N with tert-alkyl or cyclic N) is 1. The zero-order valence-corrected chi connectivity index (χ0v) is 22.4. The number of amides is 1. The van der Waals surface area contributed by atoms with Crippen molar-refractivity contribution in [1.82, 2.24) is 29.4 Å². The molecule has 0 unspecified atom stereocenters. The van der Waals surface area contributed by atoms with Crippen molar-refractivity contribution in [3.63, 3.8) is 0 Å². The van der Waals surface area contributed by atoms with Gasteiger partial charge in [-0.15, -0.1) is 0 Å². The van der Waals surface area contributed by atoms with E-state index in [2.05, 4.69) is 52.0 Å². The standard InChI is InChI=1S/C29H36N6O3/c1-18(2)27-23-12-20(19-6-9-33(10-7-19)16-26(37)34-11-8-22(36)15-34)4-5-24(23)32-28(27)21-13-25(38-3)29-30-17-31-35(29)14-21/h4-5,12-14,17-19,22,32,36H,6-11,15-16H2,1-3H3/t22-/m0/s1. The van der Waals surface area contributed by atoms with Gasteiger partial charge in [-0.05, 0) is 73.5 Å². The molecule has 9 nitrogen and oxygen atoms in total. The first-order valence-corrected chi connectivity index (χ1v) is 13.6. The third kappa shape index (κ3) is 4.54. The maximum atomic E-state index is 12.6. The van der Waals surface area contributed by atoms with Crippen LogP contribution < -0.4 is 4.74 Å². The second kappa shape index (κ2) is 10.0. The third-order valence-electron chi connectivity index (χ3n) is 8.22.